The quantitative estimate of drug-likeness (QED) is 0.206. The monoisotopic (exact) mass is 382 g/mol. The Balaban J connectivity index is 2.43. The van der Waals surface area contributed by atoms with Crippen molar-refractivity contribution < 1.29 is 24.5 Å². The second-order valence-electron chi connectivity index (χ2n) is 7.62. The first-order chi connectivity index (χ1) is 13.0. The molecule has 3 atom stereocenters. The van der Waals surface area contributed by atoms with Gasteiger partial charge in [-0.15, -0.1) is 0 Å². The molecule has 156 valence electrons. The topological polar surface area (TPSA) is 76.0 Å². The summed E-state index contributed by atoms with van der Waals surface area (Å²) in [5.41, 5.74) is -1.15. The number of hydrogen-bond acceptors (Lipinski definition) is 5. The molecule has 0 aliphatic heterocycles. The van der Waals surface area contributed by atoms with Crippen molar-refractivity contribution in [1.82, 2.24) is 0 Å². The second-order valence-corrected chi connectivity index (χ2v) is 7.62. The van der Waals surface area contributed by atoms with E-state index in [2.05, 4.69) is 11.7 Å². The van der Waals surface area contributed by atoms with Crippen molar-refractivity contribution in [2.45, 2.75) is 89.3 Å². The van der Waals surface area contributed by atoms with Gasteiger partial charge in [0.25, 0.3) is 0 Å². The molecule has 1 unspecified atom stereocenters. The van der Waals surface area contributed by atoms with Crippen molar-refractivity contribution in [3.63, 3.8) is 0 Å². The van der Waals surface area contributed by atoms with Crippen molar-refractivity contribution >= 4 is 5.97 Å². The number of esters is 1. The molecule has 0 aromatic rings. The fourth-order valence-corrected chi connectivity index (χ4v) is 3.84. The zero-order chi connectivity index (χ0) is 20.1. The lowest BCUT2D eigenvalue weighted by Gasteiger charge is -2.22. The first kappa shape index (κ1) is 23.7. The minimum atomic E-state index is -1.15. The normalized spacial score (nSPS) is 26.0. The van der Waals surface area contributed by atoms with Crippen LogP contribution in [0, 0.1) is 5.92 Å². The van der Waals surface area contributed by atoms with Crippen LogP contribution in [0.4, 0.5) is 0 Å². The maximum Gasteiger partial charge on any atom is 0.330 e. The summed E-state index contributed by atoms with van der Waals surface area (Å²) in [5, 5.41) is 21.3. The van der Waals surface area contributed by atoms with Crippen LogP contribution in [0.5, 0.6) is 0 Å². The third kappa shape index (κ3) is 8.48. The van der Waals surface area contributed by atoms with E-state index in [1.807, 2.05) is 6.08 Å². The van der Waals surface area contributed by atoms with Crippen LogP contribution in [0.1, 0.15) is 77.6 Å². The minimum Gasteiger partial charge on any atom is -0.510 e. The molecule has 0 saturated heterocycles. The van der Waals surface area contributed by atoms with E-state index < -0.39 is 5.60 Å². The molecule has 0 amide bonds. The van der Waals surface area contributed by atoms with E-state index in [4.69, 9.17) is 4.74 Å². The van der Waals surface area contributed by atoms with E-state index in [9.17, 15) is 15.0 Å². The van der Waals surface area contributed by atoms with E-state index in [-0.39, 0.29) is 23.8 Å². The summed E-state index contributed by atoms with van der Waals surface area (Å²) in [6, 6.07) is 0. The zero-order valence-electron chi connectivity index (χ0n) is 17.3. The molecule has 0 aromatic heterocycles. The largest absolute Gasteiger partial charge is 0.510 e. The van der Waals surface area contributed by atoms with Gasteiger partial charge in [-0.1, -0.05) is 38.7 Å². The predicted octanol–water partition coefficient (Wildman–Crippen LogP) is 4.84. The standard InChI is InChI=1S/C22H38O5/c1-4-5-6-7-11-14-20(23)22(25)16-18(19(17-22)26-2)13-10-8-9-12-15-21(24)27-3/h12,14-15,18-19,23,25H,4-11,13,16-17H2,1-3H3/b15-12?,20-14+/t18?,19-,22-/m0/s1. The smallest absolute Gasteiger partial charge is 0.330 e. The first-order valence-electron chi connectivity index (χ1n) is 10.4. The number of ether oxygens (including phenoxy) is 2. The molecule has 1 aliphatic rings. The highest BCUT2D eigenvalue weighted by Gasteiger charge is 2.46. The van der Waals surface area contributed by atoms with Gasteiger partial charge in [0.1, 0.15) is 11.4 Å². The number of carbonyl (C=O) groups is 1. The summed E-state index contributed by atoms with van der Waals surface area (Å²) in [4.78, 5) is 11.0. The maximum atomic E-state index is 11.0. The molecule has 0 heterocycles. The number of aliphatic hydroxyl groups is 2. The third-order valence-corrected chi connectivity index (χ3v) is 5.49. The SMILES string of the molecule is CCCCCC/C=C(/O)[C@]1(O)CC(CCCCC=CC(=O)OC)[C@@H](OC)C1. The Morgan fingerprint density at radius 3 is 2.52 bits per heavy atom. The van der Waals surface area contributed by atoms with Crippen LogP contribution in [0.3, 0.4) is 0 Å². The summed E-state index contributed by atoms with van der Waals surface area (Å²) >= 11 is 0. The molecule has 1 aliphatic carbocycles. The molecule has 5 heteroatoms. The predicted molar refractivity (Wildman–Crippen MR) is 108 cm³/mol. The Bertz CT molecular complexity index is 485. The van der Waals surface area contributed by atoms with E-state index in [0.717, 1.165) is 44.9 Å². The van der Waals surface area contributed by atoms with Gasteiger partial charge in [0.2, 0.25) is 0 Å². The summed E-state index contributed by atoms with van der Waals surface area (Å²) in [5.74, 6) is 0.0250. The summed E-state index contributed by atoms with van der Waals surface area (Å²) < 4.78 is 10.1. The van der Waals surface area contributed by atoms with Gasteiger partial charge in [-0.3, -0.25) is 0 Å². The first-order valence-corrected chi connectivity index (χ1v) is 10.4. The van der Waals surface area contributed by atoms with Gasteiger partial charge in [-0.05, 0) is 50.5 Å². The van der Waals surface area contributed by atoms with Crippen LogP contribution in [-0.2, 0) is 14.3 Å². The van der Waals surface area contributed by atoms with Gasteiger partial charge >= 0.3 is 5.97 Å². The number of carbonyl (C=O) groups excluding carboxylic acids is 1. The second kappa shape index (κ2) is 12.9. The molecule has 1 saturated carbocycles. The molecular weight excluding hydrogens is 344 g/mol. The number of aliphatic hydroxyl groups excluding tert-OH is 1. The Hall–Kier alpha value is -1.33. The summed E-state index contributed by atoms with van der Waals surface area (Å²) in [7, 11) is 3.04. The van der Waals surface area contributed by atoms with Gasteiger partial charge in [-0.25, -0.2) is 4.79 Å². The molecule has 27 heavy (non-hydrogen) atoms. The highest BCUT2D eigenvalue weighted by molar-refractivity contribution is 5.81. The lowest BCUT2D eigenvalue weighted by molar-refractivity contribution is -0.134. The van der Waals surface area contributed by atoms with Gasteiger partial charge in [0.05, 0.1) is 13.2 Å². The molecular formula is C22H38O5. The highest BCUT2D eigenvalue weighted by Crippen LogP contribution is 2.42. The van der Waals surface area contributed by atoms with Crippen LogP contribution >= 0.6 is 0 Å². The van der Waals surface area contributed by atoms with Crippen LogP contribution in [0.2, 0.25) is 0 Å². The number of unbranched alkanes of at least 4 members (excludes halogenated alkanes) is 6. The molecule has 0 bridgehead atoms. The van der Waals surface area contributed by atoms with Crippen molar-refractivity contribution in [3.05, 3.63) is 24.0 Å². The Kier molecular flexibility index (Phi) is 11.4. The molecule has 2 N–H and O–H groups in total. The van der Waals surface area contributed by atoms with Crippen molar-refractivity contribution in [2.24, 2.45) is 5.92 Å². The van der Waals surface area contributed by atoms with Gasteiger partial charge in [-0.2, -0.15) is 0 Å². The number of hydrogen-bond donors (Lipinski definition) is 2. The van der Waals surface area contributed by atoms with E-state index >= 15 is 0 Å². The van der Waals surface area contributed by atoms with E-state index in [1.165, 1.54) is 26.0 Å². The summed E-state index contributed by atoms with van der Waals surface area (Å²) in [6.45, 7) is 2.18. The average molecular weight is 383 g/mol. The Morgan fingerprint density at radius 2 is 1.85 bits per heavy atom. The molecule has 0 radical (unpaired) electrons. The average Bonchev–Trinajstić information content (AvgIpc) is 3.01. The Labute approximate surface area is 164 Å². The zero-order valence-corrected chi connectivity index (χ0v) is 17.3. The van der Waals surface area contributed by atoms with Crippen molar-refractivity contribution in [2.75, 3.05) is 14.2 Å². The summed E-state index contributed by atoms with van der Waals surface area (Å²) in [6.07, 6.45) is 15.2. The van der Waals surface area contributed by atoms with Gasteiger partial charge in [0, 0.05) is 19.6 Å². The van der Waals surface area contributed by atoms with Crippen LogP contribution in [-0.4, -0.2) is 42.1 Å². The number of rotatable bonds is 13. The van der Waals surface area contributed by atoms with Gasteiger partial charge in [0.15, 0.2) is 0 Å². The maximum absolute atomic E-state index is 11.0. The fourth-order valence-electron chi connectivity index (χ4n) is 3.84. The molecule has 0 aromatic carbocycles. The number of allylic oxidation sites excluding steroid dienone is 2. The molecule has 1 fully saturated rings. The van der Waals surface area contributed by atoms with Crippen LogP contribution in [0.25, 0.3) is 0 Å². The Morgan fingerprint density at radius 1 is 1.11 bits per heavy atom. The minimum absolute atomic E-state index is 0.0312. The van der Waals surface area contributed by atoms with E-state index in [1.54, 1.807) is 13.2 Å². The van der Waals surface area contributed by atoms with Gasteiger partial charge < -0.3 is 19.7 Å². The fraction of sp³-hybridized carbons (Fsp3) is 0.773. The van der Waals surface area contributed by atoms with Crippen molar-refractivity contribution in [1.29, 1.82) is 0 Å². The lowest BCUT2D eigenvalue weighted by Crippen LogP contribution is -2.28. The third-order valence-electron chi connectivity index (χ3n) is 5.49. The van der Waals surface area contributed by atoms with Crippen LogP contribution in [0.15, 0.2) is 24.0 Å². The van der Waals surface area contributed by atoms with E-state index in [0.29, 0.717) is 12.8 Å². The lowest BCUT2D eigenvalue weighted by atomic mass is 9.93. The highest BCUT2D eigenvalue weighted by atomic mass is 16.5. The molecule has 5 nitrogen and oxygen atoms in total. The molecule has 0 spiro atoms. The van der Waals surface area contributed by atoms with Crippen molar-refractivity contribution in [3.8, 4) is 0 Å². The number of methoxy groups -OCH3 is 2. The van der Waals surface area contributed by atoms with Crippen LogP contribution < -0.4 is 0 Å². The molecule has 1 rings (SSSR count).